The minimum Gasteiger partial charge on any atom is -0.484 e. The Kier molecular flexibility index (Phi) is 4.85. The molecule has 0 saturated carbocycles. The quantitative estimate of drug-likeness (QED) is 0.860. The molecule has 0 atom stereocenters. The fourth-order valence-electron chi connectivity index (χ4n) is 1.69. The van der Waals surface area contributed by atoms with Crippen LogP contribution in [0.1, 0.15) is 5.56 Å². The molecule has 0 aliphatic rings. The SMILES string of the molecule is NC(=O)COc1cccc(NCc2ccccc2Cl)c1. The zero-order valence-corrected chi connectivity index (χ0v) is 11.6. The van der Waals surface area contributed by atoms with Crippen LogP contribution < -0.4 is 15.8 Å². The lowest BCUT2D eigenvalue weighted by molar-refractivity contribution is -0.119. The maximum absolute atomic E-state index is 10.7. The second-order valence-corrected chi connectivity index (χ2v) is 4.63. The first-order valence-electron chi connectivity index (χ1n) is 6.13. The summed E-state index contributed by atoms with van der Waals surface area (Å²) in [6, 6.07) is 15.0. The van der Waals surface area contributed by atoms with Gasteiger partial charge >= 0.3 is 0 Å². The van der Waals surface area contributed by atoms with E-state index in [1.807, 2.05) is 36.4 Å². The predicted molar refractivity (Wildman–Crippen MR) is 79.9 cm³/mol. The topological polar surface area (TPSA) is 64.4 Å². The number of carbonyl (C=O) groups is 1. The van der Waals surface area contributed by atoms with Gasteiger partial charge in [-0.05, 0) is 23.8 Å². The first-order valence-corrected chi connectivity index (χ1v) is 6.51. The monoisotopic (exact) mass is 290 g/mol. The molecule has 0 aromatic heterocycles. The number of anilines is 1. The van der Waals surface area contributed by atoms with E-state index in [0.717, 1.165) is 16.3 Å². The Morgan fingerprint density at radius 2 is 2.00 bits per heavy atom. The van der Waals surface area contributed by atoms with Crippen molar-refractivity contribution in [1.82, 2.24) is 0 Å². The molecule has 2 aromatic rings. The maximum Gasteiger partial charge on any atom is 0.255 e. The Morgan fingerprint density at radius 3 is 2.75 bits per heavy atom. The van der Waals surface area contributed by atoms with Crippen LogP contribution in [0.3, 0.4) is 0 Å². The molecule has 1 amide bonds. The van der Waals surface area contributed by atoms with Gasteiger partial charge in [0.1, 0.15) is 5.75 Å². The smallest absolute Gasteiger partial charge is 0.255 e. The highest BCUT2D eigenvalue weighted by Crippen LogP contribution is 2.20. The van der Waals surface area contributed by atoms with Crippen molar-refractivity contribution < 1.29 is 9.53 Å². The van der Waals surface area contributed by atoms with Crippen molar-refractivity contribution in [3.8, 4) is 5.75 Å². The minimum atomic E-state index is -0.501. The van der Waals surface area contributed by atoms with E-state index in [1.54, 1.807) is 12.1 Å². The average Bonchev–Trinajstić information content (AvgIpc) is 2.45. The summed E-state index contributed by atoms with van der Waals surface area (Å²) < 4.78 is 5.24. The molecule has 0 radical (unpaired) electrons. The maximum atomic E-state index is 10.7. The van der Waals surface area contributed by atoms with Crippen molar-refractivity contribution >= 4 is 23.2 Å². The summed E-state index contributed by atoms with van der Waals surface area (Å²) in [4.78, 5) is 10.7. The van der Waals surface area contributed by atoms with Crippen LogP contribution in [0.5, 0.6) is 5.75 Å². The second-order valence-electron chi connectivity index (χ2n) is 4.23. The van der Waals surface area contributed by atoms with E-state index < -0.39 is 5.91 Å². The number of nitrogens with one attached hydrogen (secondary N) is 1. The number of primary amides is 1. The summed E-state index contributed by atoms with van der Waals surface area (Å²) >= 11 is 6.09. The van der Waals surface area contributed by atoms with Crippen molar-refractivity contribution in [1.29, 1.82) is 0 Å². The minimum absolute atomic E-state index is 0.131. The van der Waals surface area contributed by atoms with Crippen LogP contribution in [0.25, 0.3) is 0 Å². The van der Waals surface area contributed by atoms with Crippen LogP contribution in [0, 0.1) is 0 Å². The van der Waals surface area contributed by atoms with Crippen molar-refractivity contribution in [3.63, 3.8) is 0 Å². The Hall–Kier alpha value is -2.20. The third-order valence-corrected chi connectivity index (χ3v) is 3.02. The van der Waals surface area contributed by atoms with Gasteiger partial charge in [0, 0.05) is 23.3 Å². The molecular weight excluding hydrogens is 276 g/mol. The molecule has 0 saturated heterocycles. The molecule has 2 rings (SSSR count). The number of amides is 1. The Bertz CT molecular complexity index is 602. The highest BCUT2D eigenvalue weighted by atomic mass is 35.5. The van der Waals surface area contributed by atoms with Crippen LogP contribution >= 0.6 is 11.6 Å². The molecule has 0 fully saturated rings. The van der Waals surface area contributed by atoms with Crippen LogP contribution in [-0.4, -0.2) is 12.5 Å². The van der Waals surface area contributed by atoms with Gasteiger partial charge in [-0.25, -0.2) is 0 Å². The van der Waals surface area contributed by atoms with Gasteiger partial charge in [-0.2, -0.15) is 0 Å². The molecule has 2 aromatic carbocycles. The number of nitrogens with two attached hydrogens (primary N) is 1. The van der Waals surface area contributed by atoms with E-state index in [9.17, 15) is 4.79 Å². The zero-order valence-electron chi connectivity index (χ0n) is 10.8. The molecule has 104 valence electrons. The Labute approximate surface area is 122 Å². The normalized spacial score (nSPS) is 10.1. The second kappa shape index (κ2) is 6.82. The summed E-state index contributed by atoms with van der Waals surface area (Å²) in [6.07, 6.45) is 0. The number of halogens is 1. The lowest BCUT2D eigenvalue weighted by Crippen LogP contribution is -2.20. The van der Waals surface area contributed by atoms with E-state index in [1.165, 1.54) is 0 Å². The predicted octanol–water partition coefficient (Wildman–Crippen LogP) is 2.82. The van der Waals surface area contributed by atoms with Gasteiger partial charge in [0.05, 0.1) is 0 Å². The van der Waals surface area contributed by atoms with E-state index in [2.05, 4.69) is 5.32 Å². The molecule has 20 heavy (non-hydrogen) atoms. The fraction of sp³-hybridized carbons (Fsp3) is 0.133. The molecule has 4 nitrogen and oxygen atoms in total. The van der Waals surface area contributed by atoms with Crippen LogP contribution in [0.15, 0.2) is 48.5 Å². The summed E-state index contributed by atoms with van der Waals surface area (Å²) in [5.41, 5.74) is 6.93. The number of carbonyl (C=O) groups excluding carboxylic acids is 1. The number of rotatable bonds is 6. The standard InChI is InChI=1S/C15H15ClN2O2/c16-14-7-2-1-4-11(14)9-18-12-5-3-6-13(8-12)20-10-15(17)19/h1-8,18H,9-10H2,(H2,17,19). The van der Waals surface area contributed by atoms with Crippen LogP contribution in [0.2, 0.25) is 5.02 Å². The number of hydrogen-bond donors (Lipinski definition) is 2. The third-order valence-electron chi connectivity index (χ3n) is 2.66. The molecule has 3 N–H and O–H groups in total. The van der Waals surface area contributed by atoms with Gasteiger partial charge < -0.3 is 15.8 Å². The molecule has 0 aliphatic carbocycles. The van der Waals surface area contributed by atoms with Gasteiger partial charge in [0.25, 0.3) is 5.91 Å². The fourth-order valence-corrected chi connectivity index (χ4v) is 1.89. The summed E-state index contributed by atoms with van der Waals surface area (Å²) in [6.45, 7) is 0.479. The van der Waals surface area contributed by atoms with Crippen molar-refractivity contribution in [2.75, 3.05) is 11.9 Å². The molecule has 0 heterocycles. The lowest BCUT2D eigenvalue weighted by Gasteiger charge is -2.10. The lowest BCUT2D eigenvalue weighted by atomic mass is 10.2. The van der Waals surface area contributed by atoms with Gasteiger partial charge in [-0.3, -0.25) is 4.79 Å². The van der Waals surface area contributed by atoms with Gasteiger partial charge in [-0.1, -0.05) is 35.9 Å². The molecule has 0 bridgehead atoms. The van der Waals surface area contributed by atoms with E-state index >= 15 is 0 Å². The average molecular weight is 291 g/mol. The first-order chi connectivity index (χ1) is 9.65. The molecule has 5 heteroatoms. The molecule has 0 aliphatic heterocycles. The first kappa shape index (κ1) is 14.2. The van der Waals surface area contributed by atoms with Crippen molar-refractivity contribution in [2.24, 2.45) is 5.73 Å². The zero-order chi connectivity index (χ0) is 14.4. The Balaban J connectivity index is 1.98. The van der Waals surface area contributed by atoms with E-state index in [4.69, 9.17) is 22.1 Å². The van der Waals surface area contributed by atoms with Crippen molar-refractivity contribution in [2.45, 2.75) is 6.54 Å². The molecule has 0 spiro atoms. The number of ether oxygens (including phenoxy) is 1. The van der Waals surface area contributed by atoms with Gasteiger partial charge in [-0.15, -0.1) is 0 Å². The Morgan fingerprint density at radius 1 is 1.20 bits per heavy atom. The summed E-state index contributed by atoms with van der Waals surface area (Å²) in [5.74, 6) is 0.0902. The highest BCUT2D eigenvalue weighted by Gasteiger charge is 2.01. The van der Waals surface area contributed by atoms with Crippen LogP contribution in [-0.2, 0) is 11.3 Å². The number of benzene rings is 2. The van der Waals surface area contributed by atoms with E-state index in [-0.39, 0.29) is 6.61 Å². The van der Waals surface area contributed by atoms with Gasteiger partial charge in [0.2, 0.25) is 0 Å². The highest BCUT2D eigenvalue weighted by molar-refractivity contribution is 6.31. The molecule has 0 unspecified atom stereocenters. The summed E-state index contributed by atoms with van der Waals surface area (Å²) in [5, 5.41) is 3.97. The molecular formula is C15H15ClN2O2. The van der Waals surface area contributed by atoms with Crippen molar-refractivity contribution in [3.05, 3.63) is 59.1 Å². The van der Waals surface area contributed by atoms with E-state index in [0.29, 0.717) is 12.3 Å². The third kappa shape index (κ3) is 4.17. The van der Waals surface area contributed by atoms with Crippen LogP contribution in [0.4, 0.5) is 5.69 Å². The summed E-state index contributed by atoms with van der Waals surface area (Å²) in [7, 11) is 0. The van der Waals surface area contributed by atoms with Gasteiger partial charge in [0.15, 0.2) is 6.61 Å². The largest absolute Gasteiger partial charge is 0.484 e. The number of hydrogen-bond acceptors (Lipinski definition) is 3.